The van der Waals surface area contributed by atoms with Crippen molar-refractivity contribution in [3.63, 3.8) is 0 Å². The van der Waals surface area contributed by atoms with Gasteiger partial charge in [-0.3, -0.25) is 0 Å². The molecule has 0 heterocycles. The van der Waals surface area contributed by atoms with Crippen LogP contribution in [0.15, 0.2) is 0 Å². The number of carboxylic acids is 1. The van der Waals surface area contributed by atoms with Gasteiger partial charge in [0, 0.05) is 0 Å². The molecule has 5 heteroatoms. The maximum Gasteiger partial charge on any atom is 0.397 e. The number of ether oxygens (including phenoxy) is 1. The zero-order valence-electron chi connectivity index (χ0n) is 22.1. The van der Waals surface area contributed by atoms with E-state index in [0.717, 1.165) is 42.4 Å². The summed E-state index contributed by atoms with van der Waals surface area (Å²) in [7, 11) is 0. The van der Waals surface area contributed by atoms with Gasteiger partial charge in [-0.05, 0) is 110 Å². The molecule has 0 bridgehead atoms. The lowest BCUT2D eigenvalue weighted by molar-refractivity contribution is -0.370. The Morgan fingerprint density at radius 3 is 2.32 bits per heavy atom. The molecule has 4 fully saturated rings. The highest BCUT2D eigenvalue weighted by Gasteiger charge is 2.60. The van der Waals surface area contributed by atoms with E-state index in [-0.39, 0.29) is 5.41 Å². The Morgan fingerprint density at radius 2 is 1.65 bits per heavy atom. The van der Waals surface area contributed by atoms with Gasteiger partial charge in [0.25, 0.3) is 0 Å². The van der Waals surface area contributed by atoms with E-state index in [4.69, 9.17) is 4.74 Å². The Balaban J connectivity index is 1.42. The summed E-state index contributed by atoms with van der Waals surface area (Å²) in [4.78, 5) is 10.7. The second-order valence-electron chi connectivity index (χ2n) is 13.5. The average molecular weight is 482 g/mol. The SMILES string of the molecule is CC(C)CCCC(C)C1CCC2C3CCC4CC(OC(F)(F)C(=O)[O-])CCC4(C)C3CCC12C. The molecular formula is C29H47F2O3-. The fourth-order valence-electron chi connectivity index (χ4n) is 9.61. The highest BCUT2D eigenvalue weighted by molar-refractivity contribution is 5.71. The summed E-state index contributed by atoms with van der Waals surface area (Å²) in [5.41, 5.74) is 0.625. The van der Waals surface area contributed by atoms with Gasteiger partial charge >= 0.3 is 6.11 Å². The quantitative estimate of drug-likeness (QED) is 0.381. The number of fused-ring (bicyclic) bond motifs is 5. The van der Waals surface area contributed by atoms with Crippen LogP contribution in [0.5, 0.6) is 0 Å². The standard InChI is InChI=1S/C29H48F2O3/c1-18(2)7-6-8-19(3)23-11-12-24-22-10-9-20-17-21(34-29(30,31)26(32)33)13-15-27(20,4)25(22)14-16-28(23,24)5/h18-25H,6-17H2,1-5H3,(H,32,33)/p-1. The van der Waals surface area contributed by atoms with Crippen molar-refractivity contribution in [1.29, 1.82) is 0 Å². The molecule has 9 unspecified atom stereocenters. The number of halogens is 2. The first kappa shape index (κ1) is 26.4. The van der Waals surface area contributed by atoms with E-state index in [1.165, 1.54) is 51.4 Å². The Bertz CT molecular complexity index is 739. The van der Waals surface area contributed by atoms with E-state index in [0.29, 0.717) is 30.1 Å². The molecule has 4 saturated carbocycles. The van der Waals surface area contributed by atoms with E-state index in [2.05, 4.69) is 34.6 Å². The molecule has 4 aliphatic carbocycles. The molecule has 0 N–H and O–H groups in total. The molecule has 0 amide bonds. The van der Waals surface area contributed by atoms with Crippen molar-refractivity contribution in [2.24, 2.45) is 52.3 Å². The van der Waals surface area contributed by atoms with Crippen LogP contribution in [0, 0.1) is 52.3 Å². The molecule has 0 aromatic heterocycles. The number of aliphatic carboxylic acids is 1. The lowest BCUT2D eigenvalue weighted by Gasteiger charge is -2.61. The zero-order chi connectivity index (χ0) is 24.9. The smallest absolute Gasteiger partial charge is 0.397 e. The van der Waals surface area contributed by atoms with Crippen LogP contribution < -0.4 is 5.11 Å². The molecule has 0 spiro atoms. The molecule has 196 valence electrons. The largest absolute Gasteiger partial charge is 0.542 e. The molecule has 3 nitrogen and oxygen atoms in total. The van der Waals surface area contributed by atoms with E-state index < -0.39 is 18.2 Å². The molecular weight excluding hydrogens is 434 g/mol. The predicted octanol–water partition coefficient (Wildman–Crippen LogP) is 6.84. The van der Waals surface area contributed by atoms with Crippen molar-refractivity contribution in [2.45, 2.75) is 124 Å². The highest BCUT2D eigenvalue weighted by Crippen LogP contribution is 2.68. The minimum atomic E-state index is -4.19. The van der Waals surface area contributed by atoms with Crippen molar-refractivity contribution in [1.82, 2.24) is 0 Å². The van der Waals surface area contributed by atoms with Crippen LogP contribution in [-0.4, -0.2) is 18.2 Å². The summed E-state index contributed by atoms with van der Waals surface area (Å²) in [6.45, 7) is 12.2. The number of rotatable bonds is 8. The highest BCUT2D eigenvalue weighted by atomic mass is 19.3. The minimum Gasteiger partial charge on any atom is -0.542 e. The number of carboxylic acid groups (broad SMARTS) is 1. The van der Waals surface area contributed by atoms with Gasteiger partial charge in [0.15, 0.2) is 0 Å². The zero-order valence-corrected chi connectivity index (χ0v) is 22.1. The lowest BCUT2D eigenvalue weighted by atomic mass is 9.44. The van der Waals surface area contributed by atoms with Crippen LogP contribution in [0.3, 0.4) is 0 Å². The van der Waals surface area contributed by atoms with Crippen LogP contribution >= 0.6 is 0 Å². The number of hydrogen-bond acceptors (Lipinski definition) is 3. The number of alkyl halides is 2. The maximum absolute atomic E-state index is 13.6. The summed E-state index contributed by atoms with van der Waals surface area (Å²) >= 11 is 0. The second kappa shape index (κ2) is 9.63. The monoisotopic (exact) mass is 481 g/mol. The average Bonchev–Trinajstić information content (AvgIpc) is 3.10. The van der Waals surface area contributed by atoms with Gasteiger partial charge in [0.05, 0.1) is 6.10 Å². The number of carbonyl (C=O) groups is 1. The Morgan fingerprint density at radius 1 is 0.971 bits per heavy atom. The van der Waals surface area contributed by atoms with Gasteiger partial charge in [-0.2, -0.15) is 8.78 Å². The molecule has 0 radical (unpaired) electrons. The summed E-state index contributed by atoms with van der Waals surface area (Å²) in [5, 5.41) is 10.7. The van der Waals surface area contributed by atoms with E-state index >= 15 is 0 Å². The van der Waals surface area contributed by atoms with Crippen LogP contribution in [-0.2, 0) is 9.53 Å². The van der Waals surface area contributed by atoms with Crippen LogP contribution in [0.25, 0.3) is 0 Å². The van der Waals surface area contributed by atoms with Gasteiger partial charge in [0.2, 0.25) is 0 Å². The second-order valence-corrected chi connectivity index (χ2v) is 13.5. The van der Waals surface area contributed by atoms with E-state index in [1.54, 1.807) is 0 Å². The Hall–Kier alpha value is -0.710. The van der Waals surface area contributed by atoms with Crippen LogP contribution in [0.4, 0.5) is 8.78 Å². The first-order valence-electron chi connectivity index (χ1n) is 14.2. The normalized spacial score (nSPS) is 43.2. The molecule has 0 aromatic carbocycles. The van der Waals surface area contributed by atoms with Crippen molar-refractivity contribution >= 4 is 5.97 Å². The van der Waals surface area contributed by atoms with Crippen molar-refractivity contribution < 1.29 is 23.4 Å². The third-order valence-electron chi connectivity index (χ3n) is 11.4. The topological polar surface area (TPSA) is 49.4 Å². The van der Waals surface area contributed by atoms with E-state index in [9.17, 15) is 18.7 Å². The maximum atomic E-state index is 13.6. The number of hydrogen-bond donors (Lipinski definition) is 0. The molecule has 4 aliphatic rings. The molecule has 0 saturated heterocycles. The summed E-state index contributed by atoms with van der Waals surface area (Å²) in [6.07, 6.45) is 8.69. The van der Waals surface area contributed by atoms with Gasteiger partial charge in [0.1, 0.15) is 5.97 Å². The van der Waals surface area contributed by atoms with Gasteiger partial charge in [-0.1, -0.05) is 53.9 Å². The summed E-state index contributed by atoms with van der Waals surface area (Å²) < 4.78 is 32.0. The molecule has 4 rings (SSSR count). The van der Waals surface area contributed by atoms with E-state index in [1.807, 2.05) is 0 Å². The van der Waals surface area contributed by atoms with Crippen molar-refractivity contribution in [2.75, 3.05) is 0 Å². The van der Waals surface area contributed by atoms with Gasteiger partial charge in [-0.25, -0.2) is 0 Å². The molecule has 9 atom stereocenters. The first-order valence-corrected chi connectivity index (χ1v) is 14.2. The summed E-state index contributed by atoms with van der Waals surface area (Å²) in [5.74, 6) is 2.59. The van der Waals surface area contributed by atoms with Gasteiger partial charge in [-0.15, -0.1) is 0 Å². The van der Waals surface area contributed by atoms with Gasteiger partial charge < -0.3 is 14.6 Å². The van der Waals surface area contributed by atoms with Crippen LogP contribution in [0.1, 0.15) is 112 Å². The third-order valence-corrected chi connectivity index (χ3v) is 11.4. The summed E-state index contributed by atoms with van der Waals surface area (Å²) in [6, 6.07) is 0. The lowest BCUT2D eigenvalue weighted by Crippen LogP contribution is -2.55. The fraction of sp³-hybridized carbons (Fsp3) is 0.966. The minimum absolute atomic E-state index is 0.168. The molecule has 0 aliphatic heterocycles. The Labute approximate surface area is 205 Å². The Kier molecular flexibility index (Phi) is 7.47. The third kappa shape index (κ3) is 4.68. The number of carbonyl (C=O) groups excluding carboxylic acids is 1. The van der Waals surface area contributed by atoms with Crippen LogP contribution in [0.2, 0.25) is 0 Å². The first-order chi connectivity index (χ1) is 15.9. The fourth-order valence-corrected chi connectivity index (χ4v) is 9.61. The van der Waals surface area contributed by atoms with Crippen molar-refractivity contribution in [3.05, 3.63) is 0 Å². The predicted molar refractivity (Wildman–Crippen MR) is 128 cm³/mol. The molecule has 34 heavy (non-hydrogen) atoms. The molecule has 0 aromatic rings. The van der Waals surface area contributed by atoms with Crippen molar-refractivity contribution in [3.8, 4) is 0 Å².